The van der Waals surface area contributed by atoms with Gasteiger partial charge < -0.3 is 5.11 Å². The Morgan fingerprint density at radius 3 is 2.79 bits per heavy atom. The zero-order valence-electron chi connectivity index (χ0n) is 10.8. The van der Waals surface area contributed by atoms with Gasteiger partial charge in [0.15, 0.2) is 0 Å². The Balaban J connectivity index is 2.11. The molecule has 5 nitrogen and oxygen atoms in total. The molecule has 2 rings (SSSR count). The van der Waals surface area contributed by atoms with Crippen molar-refractivity contribution in [3.8, 4) is 5.75 Å². The second kappa shape index (κ2) is 5.48. The number of carbonyl (C=O) groups is 1. The number of nitrogens with zero attached hydrogens (tertiary/aromatic N) is 2. The van der Waals surface area contributed by atoms with E-state index in [-0.39, 0.29) is 18.1 Å². The van der Waals surface area contributed by atoms with Crippen LogP contribution in [-0.4, -0.2) is 33.3 Å². The minimum Gasteiger partial charge on any atom is -0.507 e. The molecule has 0 spiro atoms. The summed E-state index contributed by atoms with van der Waals surface area (Å²) in [5.41, 5.74) is 2.48. The molecule has 1 aromatic carbocycles. The van der Waals surface area contributed by atoms with Crippen LogP contribution < -0.4 is 0 Å². The van der Waals surface area contributed by atoms with E-state index in [1.165, 1.54) is 0 Å². The molecule has 0 saturated carbocycles. The molecule has 0 fully saturated rings. The van der Waals surface area contributed by atoms with Gasteiger partial charge in [0.05, 0.1) is 0 Å². The molecule has 0 saturated heterocycles. The number of para-hydroxylation sites is 1. The van der Waals surface area contributed by atoms with Gasteiger partial charge in [0.2, 0.25) is 5.78 Å². The zero-order valence-corrected chi connectivity index (χ0v) is 10.8. The van der Waals surface area contributed by atoms with Gasteiger partial charge in [-0.25, -0.2) is 0 Å². The minimum atomic E-state index is -0.154. The Kier molecular flexibility index (Phi) is 3.75. The topological polar surface area (TPSA) is 78.3 Å². The molecule has 2 N–H and O–H groups in total. The highest BCUT2D eigenvalue weighted by atomic mass is 16.3. The SMILES string of the molecule is CC(=NCC(=O)c1cc(C)[nH]n1)c1ccccc1O. The smallest absolute Gasteiger partial charge is 0.204 e. The summed E-state index contributed by atoms with van der Waals surface area (Å²) in [6, 6.07) is 8.59. The van der Waals surface area contributed by atoms with E-state index in [2.05, 4.69) is 15.2 Å². The number of aryl methyl sites for hydroxylation is 1. The Morgan fingerprint density at radius 1 is 1.42 bits per heavy atom. The van der Waals surface area contributed by atoms with Gasteiger partial charge in [0, 0.05) is 17.0 Å². The number of aliphatic imine (C=N–C) groups is 1. The van der Waals surface area contributed by atoms with Crippen molar-refractivity contribution in [2.75, 3.05) is 6.54 Å². The number of nitrogens with one attached hydrogen (secondary N) is 1. The van der Waals surface area contributed by atoms with Crippen molar-refractivity contribution in [3.05, 3.63) is 47.3 Å². The fourth-order valence-electron chi connectivity index (χ4n) is 1.70. The Hall–Kier alpha value is -2.43. The van der Waals surface area contributed by atoms with Crippen molar-refractivity contribution in [2.24, 2.45) is 4.99 Å². The highest BCUT2D eigenvalue weighted by Crippen LogP contribution is 2.16. The van der Waals surface area contributed by atoms with E-state index in [0.717, 1.165) is 5.69 Å². The predicted octanol–water partition coefficient (Wildman–Crippen LogP) is 2.12. The van der Waals surface area contributed by atoms with Gasteiger partial charge in [-0.2, -0.15) is 5.10 Å². The number of Topliss-reactive ketones (excluding diaryl/α,β-unsaturated/α-hetero) is 1. The largest absolute Gasteiger partial charge is 0.507 e. The van der Waals surface area contributed by atoms with Crippen LogP contribution in [0.2, 0.25) is 0 Å². The van der Waals surface area contributed by atoms with E-state index in [1.807, 2.05) is 13.0 Å². The molecule has 0 unspecified atom stereocenters. The summed E-state index contributed by atoms with van der Waals surface area (Å²) in [4.78, 5) is 16.0. The molecule has 19 heavy (non-hydrogen) atoms. The number of hydrogen-bond donors (Lipinski definition) is 2. The molecule has 5 heteroatoms. The fraction of sp³-hybridized carbons (Fsp3) is 0.214. The van der Waals surface area contributed by atoms with Crippen molar-refractivity contribution < 1.29 is 9.90 Å². The Bertz CT molecular complexity index is 629. The molecule has 0 amide bonds. The van der Waals surface area contributed by atoms with Gasteiger partial charge in [-0.3, -0.25) is 14.9 Å². The lowest BCUT2D eigenvalue weighted by Crippen LogP contribution is -2.07. The van der Waals surface area contributed by atoms with E-state index in [4.69, 9.17) is 0 Å². The van der Waals surface area contributed by atoms with Crippen molar-refractivity contribution in [2.45, 2.75) is 13.8 Å². The number of aromatic hydroxyl groups is 1. The summed E-state index contributed by atoms with van der Waals surface area (Å²) >= 11 is 0. The quantitative estimate of drug-likeness (QED) is 0.650. The van der Waals surface area contributed by atoms with Crippen LogP contribution in [0.4, 0.5) is 0 Å². The molecular weight excluding hydrogens is 242 g/mol. The first-order valence-corrected chi connectivity index (χ1v) is 5.92. The Morgan fingerprint density at radius 2 is 2.16 bits per heavy atom. The average molecular weight is 257 g/mol. The number of carbonyl (C=O) groups excluding carboxylic acids is 1. The third-order valence-corrected chi connectivity index (χ3v) is 2.75. The predicted molar refractivity (Wildman–Crippen MR) is 72.8 cm³/mol. The van der Waals surface area contributed by atoms with Crippen molar-refractivity contribution in [3.63, 3.8) is 0 Å². The highest BCUT2D eigenvalue weighted by Gasteiger charge is 2.09. The fourth-order valence-corrected chi connectivity index (χ4v) is 1.70. The van der Waals surface area contributed by atoms with Crippen LogP contribution >= 0.6 is 0 Å². The van der Waals surface area contributed by atoms with Crippen LogP contribution in [0.25, 0.3) is 0 Å². The molecule has 98 valence electrons. The van der Waals surface area contributed by atoms with Crippen molar-refractivity contribution >= 4 is 11.5 Å². The summed E-state index contributed by atoms with van der Waals surface area (Å²) in [7, 11) is 0. The lowest BCUT2D eigenvalue weighted by atomic mass is 10.1. The minimum absolute atomic E-state index is 0.0183. The summed E-state index contributed by atoms with van der Waals surface area (Å²) in [5.74, 6) is 0.00549. The number of hydrogen-bond acceptors (Lipinski definition) is 4. The number of benzene rings is 1. The second-order valence-corrected chi connectivity index (χ2v) is 4.28. The highest BCUT2D eigenvalue weighted by molar-refractivity contribution is 6.03. The van der Waals surface area contributed by atoms with E-state index < -0.39 is 0 Å². The lowest BCUT2D eigenvalue weighted by Gasteiger charge is -2.03. The summed E-state index contributed by atoms with van der Waals surface area (Å²) in [6.07, 6.45) is 0. The standard InChI is InChI=1S/C14H15N3O2/c1-9-7-12(17-16-9)14(19)8-15-10(2)11-5-3-4-6-13(11)18/h3-7,18H,8H2,1-2H3,(H,16,17). The first-order chi connectivity index (χ1) is 9.08. The van der Waals surface area contributed by atoms with E-state index in [0.29, 0.717) is 17.0 Å². The number of aromatic amines is 1. The van der Waals surface area contributed by atoms with Gasteiger partial charge >= 0.3 is 0 Å². The van der Waals surface area contributed by atoms with Crippen molar-refractivity contribution in [1.29, 1.82) is 0 Å². The third-order valence-electron chi connectivity index (χ3n) is 2.75. The van der Waals surface area contributed by atoms with Crippen LogP contribution in [0.15, 0.2) is 35.3 Å². The number of ketones is 1. The van der Waals surface area contributed by atoms with Crippen LogP contribution in [0, 0.1) is 6.92 Å². The first kappa shape index (κ1) is 13.0. The molecule has 1 aromatic heterocycles. The monoisotopic (exact) mass is 257 g/mol. The van der Waals surface area contributed by atoms with Gasteiger partial charge in [-0.05, 0) is 32.0 Å². The third kappa shape index (κ3) is 3.07. The molecule has 0 aliphatic rings. The molecule has 0 radical (unpaired) electrons. The van der Waals surface area contributed by atoms with Crippen molar-refractivity contribution in [1.82, 2.24) is 10.2 Å². The normalized spacial score (nSPS) is 11.6. The van der Waals surface area contributed by atoms with Gasteiger partial charge in [0.1, 0.15) is 18.0 Å². The number of phenolic OH excluding ortho intramolecular Hbond substituents is 1. The maximum absolute atomic E-state index is 11.8. The summed E-state index contributed by atoms with van der Waals surface area (Å²) in [6.45, 7) is 3.61. The van der Waals surface area contributed by atoms with Gasteiger partial charge in [-0.1, -0.05) is 12.1 Å². The summed E-state index contributed by atoms with van der Waals surface area (Å²) in [5, 5.41) is 16.3. The number of rotatable bonds is 4. The lowest BCUT2D eigenvalue weighted by molar-refractivity contribution is 0.0997. The number of aromatic nitrogens is 2. The number of phenols is 1. The van der Waals surface area contributed by atoms with Gasteiger partial charge in [0.25, 0.3) is 0 Å². The van der Waals surface area contributed by atoms with E-state index in [1.54, 1.807) is 31.2 Å². The average Bonchev–Trinajstić information content (AvgIpc) is 2.83. The van der Waals surface area contributed by atoms with E-state index in [9.17, 15) is 9.90 Å². The molecular formula is C14H15N3O2. The van der Waals surface area contributed by atoms with Crippen LogP contribution in [0.3, 0.4) is 0 Å². The van der Waals surface area contributed by atoms with Crippen LogP contribution in [0.5, 0.6) is 5.75 Å². The molecule has 0 aliphatic heterocycles. The second-order valence-electron chi connectivity index (χ2n) is 4.28. The molecule has 2 aromatic rings. The van der Waals surface area contributed by atoms with E-state index >= 15 is 0 Å². The molecule has 0 atom stereocenters. The molecule has 1 heterocycles. The number of H-pyrrole nitrogens is 1. The zero-order chi connectivity index (χ0) is 13.8. The maximum atomic E-state index is 11.8. The first-order valence-electron chi connectivity index (χ1n) is 5.92. The molecule has 0 bridgehead atoms. The maximum Gasteiger partial charge on any atom is 0.204 e. The molecule has 0 aliphatic carbocycles. The van der Waals surface area contributed by atoms with Crippen LogP contribution in [-0.2, 0) is 0 Å². The van der Waals surface area contributed by atoms with Crippen LogP contribution in [0.1, 0.15) is 28.7 Å². The summed E-state index contributed by atoms with van der Waals surface area (Å²) < 4.78 is 0. The van der Waals surface area contributed by atoms with Gasteiger partial charge in [-0.15, -0.1) is 0 Å². The Labute approximate surface area is 111 Å².